The molecular formula is C18H17F4IO6S. The number of carbonyl (C=O) groups is 1. The van der Waals surface area contributed by atoms with Crippen molar-refractivity contribution >= 4 is 49.5 Å². The van der Waals surface area contributed by atoms with Crippen LogP contribution in [0.3, 0.4) is 0 Å². The maximum atomic E-state index is 14.2. The van der Waals surface area contributed by atoms with Crippen LogP contribution in [0.2, 0.25) is 0 Å². The summed E-state index contributed by atoms with van der Waals surface area (Å²) in [5.41, 5.74) is -7.22. The first-order valence-corrected chi connectivity index (χ1v) is 10.8. The monoisotopic (exact) mass is 564 g/mol. The van der Waals surface area contributed by atoms with Gasteiger partial charge in [-0.2, -0.15) is 21.6 Å². The van der Waals surface area contributed by atoms with Gasteiger partial charge in [-0.15, -0.1) is 0 Å². The number of ether oxygens (including phenoxy) is 1. The van der Waals surface area contributed by atoms with Crippen LogP contribution in [-0.2, 0) is 19.6 Å². The van der Waals surface area contributed by atoms with E-state index in [2.05, 4.69) is 4.18 Å². The molecule has 0 aromatic heterocycles. The van der Waals surface area contributed by atoms with Gasteiger partial charge in [0.2, 0.25) is 0 Å². The summed E-state index contributed by atoms with van der Waals surface area (Å²) in [7, 11) is -6.18. The second-order valence-corrected chi connectivity index (χ2v) is 10.1. The molecule has 1 atom stereocenters. The number of benzene rings is 2. The van der Waals surface area contributed by atoms with E-state index in [4.69, 9.17) is 4.74 Å². The fraction of sp³-hybridized carbons (Fsp3) is 0.389. The Kier molecular flexibility index (Phi) is 6.65. The molecule has 30 heavy (non-hydrogen) atoms. The number of fused-ring (bicyclic) bond motifs is 1. The van der Waals surface area contributed by atoms with Crippen LogP contribution in [0.15, 0.2) is 18.2 Å². The van der Waals surface area contributed by atoms with Crippen molar-refractivity contribution < 1.29 is 44.8 Å². The molecule has 0 unspecified atom stereocenters. The molecule has 0 aliphatic heterocycles. The molecule has 0 aliphatic rings. The van der Waals surface area contributed by atoms with Crippen LogP contribution < -0.4 is 4.18 Å². The summed E-state index contributed by atoms with van der Waals surface area (Å²) in [5, 5.41) is 9.46. The quantitative estimate of drug-likeness (QED) is 0.237. The summed E-state index contributed by atoms with van der Waals surface area (Å²) in [6, 6.07) is 3.45. The van der Waals surface area contributed by atoms with Gasteiger partial charge < -0.3 is 14.0 Å². The highest BCUT2D eigenvalue weighted by atomic mass is 127. The average Bonchev–Trinajstić information content (AvgIpc) is 2.53. The van der Waals surface area contributed by atoms with Crippen LogP contribution in [0.25, 0.3) is 10.8 Å². The highest BCUT2D eigenvalue weighted by Crippen LogP contribution is 2.42. The molecule has 2 rings (SSSR count). The third kappa shape index (κ3) is 5.14. The van der Waals surface area contributed by atoms with Crippen LogP contribution in [0.5, 0.6) is 5.75 Å². The standard InChI is InChI=1S/C18H17F4IO6S/c1-8-5-9-6-12(23)11(19)7-10(9)14(29-30(26,27)18(20,21)22)13(8)15(16(24)25)28-17(2,3)4/h5-7,15H,1-4H3,(H,24,25)/t15-/m0/s1. The Morgan fingerprint density at radius 3 is 2.20 bits per heavy atom. The van der Waals surface area contributed by atoms with Crippen molar-refractivity contribution in [1.82, 2.24) is 0 Å². The number of hydrogen-bond donors (Lipinski definition) is 1. The van der Waals surface area contributed by atoms with Gasteiger partial charge in [0.1, 0.15) is 5.82 Å². The molecule has 6 nitrogen and oxygen atoms in total. The van der Waals surface area contributed by atoms with Gasteiger partial charge in [-0.3, -0.25) is 0 Å². The van der Waals surface area contributed by atoms with E-state index in [1.807, 2.05) is 0 Å². The van der Waals surface area contributed by atoms with Crippen molar-refractivity contribution in [3.63, 3.8) is 0 Å². The number of halogens is 5. The SMILES string of the molecule is Cc1cc2cc(I)c(F)cc2c(OS(=O)(=O)C(F)(F)F)c1[C@H](OC(C)(C)C)C(=O)O. The van der Waals surface area contributed by atoms with Gasteiger partial charge in [-0.25, -0.2) is 9.18 Å². The smallest absolute Gasteiger partial charge is 0.479 e. The van der Waals surface area contributed by atoms with Gasteiger partial charge in [-0.05, 0) is 73.4 Å². The second-order valence-electron chi connectivity index (χ2n) is 7.36. The third-order valence-electron chi connectivity index (χ3n) is 3.81. The molecule has 0 amide bonds. The van der Waals surface area contributed by atoms with Crippen molar-refractivity contribution in [3.8, 4) is 5.75 Å². The van der Waals surface area contributed by atoms with E-state index < -0.39 is 50.4 Å². The third-order valence-corrected chi connectivity index (χ3v) is 5.59. The molecule has 0 saturated carbocycles. The summed E-state index contributed by atoms with van der Waals surface area (Å²) >= 11 is 1.65. The van der Waals surface area contributed by atoms with Crippen LogP contribution >= 0.6 is 22.6 Å². The van der Waals surface area contributed by atoms with Crippen LogP contribution in [0.4, 0.5) is 17.6 Å². The van der Waals surface area contributed by atoms with Crippen molar-refractivity contribution in [2.75, 3.05) is 0 Å². The lowest BCUT2D eigenvalue weighted by atomic mass is 9.95. The number of carboxylic acid groups (broad SMARTS) is 1. The zero-order valence-electron chi connectivity index (χ0n) is 16.1. The molecule has 0 spiro atoms. The number of aliphatic carboxylic acids is 1. The molecule has 12 heteroatoms. The van der Waals surface area contributed by atoms with Gasteiger partial charge in [-0.1, -0.05) is 6.07 Å². The maximum absolute atomic E-state index is 14.2. The lowest BCUT2D eigenvalue weighted by molar-refractivity contribution is -0.160. The van der Waals surface area contributed by atoms with Gasteiger partial charge in [0.05, 0.1) is 5.60 Å². The minimum absolute atomic E-state index is 0.0916. The summed E-state index contributed by atoms with van der Waals surface area (Å²) in [6.07, 6.45) is -1.88. The highest BCUT2D eigenvalue weighted by Gasteiger charge is 2.49. The molecule has 2 aromatic rings. The number of carboxylic acids is 1. The van der Waals surface area contributed by atoms with E-state index in [1.165, 1.54) is 39.8 Å². The normalized spacial score (nSPS) is 14.0. The van der Waals surface area contributed by atoms with E-state index >= 15 is 0 Å². The van der Waals surface area contributed by atoms with Gasteiger partial charge in [0, 0.05) is 14.5 Å². The van der Waals surface area contributed by atoms with Crippen molar-refractivity contribution in [2.45, 2.75) is 44.9 Å². The lowest BCUT2D eigenvalue weighted by Crippen LogP contribution is -2.31. The number of hydrogen-bond acceptors (Lipinski definition) is 5. The Morgan fingerprint density at radius 1 is 1.17 bits per heavy atom. The minimum Gasteiger partial charge on any atom is -0.479 e. The minimum atomic E-state index is -6.18. The fourth-order valence-electron chi connectivity index (χ4n) is 2.67. The van der Waals surface area contributed by atoms with E-state index in [0.717, 1.165) is 6.07 Å². The van der Waals surface area contributed by atoms with Crippen LogP contribution in [0.1, 0.15) is 38.0 Å². The van der Waals surface area contributed by atoms with Crippen molar-refractivity contribution in [1.29, 1.82) is 0 Å². The molecule has 0 aliphatic carbocycles. The molecular weight excluding hydrogens is 547 g/mol. The second kappa shape index (κ2) is 8.11. The summed E-state index contributed by atoms with van der Waals surface area (Å²) < 4.78 is 86.5. The number of rotatable bonds is 5. The Morgan fingerprint density at radius 2 is 1.73 bits per heavy atom. The van der Waals surface area contributed by atoms with Crippen molar-refractivity contribution in [3.05, 3.63) is 38.7 Å². The first-order valence-electron chi connectivity index (χ1n) is 8.28. The number of aryl methyl sites for hydroxylation is 1. The first-order chi connectivity index (χ1) is 13.4. The predicted octanol–water partition coefficient (Wildman–Crippen LogP) is 5.06. The number of alkyl halides is 3. The first kappa shape index (κ1) is 24.6. The van der Waals surface area contributed by atoms with E-state index in [1.54, 1.807) is 22.6 Å². The summed E-state index contributed by atoms with van der Waals surface area (Å²) in [5.74, 6) is -3.39. The topological polar surface area (TPSA) is 89.9 Å². The van der Waals surface area contributed by atoms with E-state index in [-0.39, 0.29) is 19.9 Å². The summed E-state index contributed by atoms with van der Waals surface area (Å²) in [6.45, 7) is 5.89. The molecule has 0 radical (unpaired) electrons. The molecule has 0 heterocycles. The fourth-order valence-corrected chi connectivity index (χ4v) is 3.66. The van der Waals surface area contributed by atoms with Crippen LogP contribution in [0, 0.1) is 16.3 Å². The molecule has 166 valence electrons. The zero-order chi connectivity index (χ0) is 23.2. The molecule has 0 bridgehead atoms. The maximum Gasteiger partial charge on any atom is 0.534 e. The Hall–Kier alpha value is -1.67. The van der Waals surface area contributed by atoms with Gasteiger partial charge in [0.25, 0.3) is 0 Å². The molecule has 0 saturated heterocycles. The Labute approximate surface area is 183 Å². The van der Waals surface area contributed by atoms with Crippen molar-refractivity contribution in [2.24, 2.45) is 0 Å². The summed E-state index contributed by atoms with van der Waals surface area (Å²) in [4.78, 5) is 11.9. The van der Waals surface area contributed by atoms with Gasteiger partial charge >= 0.3 is 21.6 Å². The largest absolute Gasteiger partial charge is 0.534 e. The predicted molar refractivity (Wildman–Crippen MR) is 108 cm³/mol. The zero-order valence-corrected chi connectivity index (χ0v) is 19.1. The Bertz CT molecular complexity index is 1110. The highest BCUT2D eigenvalue weighted by molar-refractivity contribution is 14.1. The molecule has 0 fully saturated rings. The Balaban J connectivity index is 2.95. The van der Waals surface area contributed by atoms with E-state index in [9.17, 15) is 35.9 Å². The molecule has 1 N–H and O–H groups in total. The molecule has 2 aromatic carbocycles. The average molecular weight is 564 g/mol. The van der Waals surface area contributed by atoms with Crippen LogP contribution in [-0.4, -0.2) is 30.6 Å². The van der Waals surface area contributed by atoms with E-state index in [0.29, 0.717) is 0 Å². The van der Waals surface area contributed by atoms with Gasteiger partial charge in [0.15, 0.2) is 11.9 Å². The lowest BCUT2D eigenvalue weighted by Gasteiger charge is -2.28.